The number of carboxylic acid groups (broad SMARTS) is 2. The number of nitrogens with one attached hydrogen (secondary N) is 4. The minimum atomic E-state index is -1.17. The Balaban J connectivity index is 0.775. The third-order valence-corrected chi connectivity index (χ3v) is 18.8. The number of pyridine rings is 1. The molecule has 4 heterocycles. The van der Waals surface area contributed by atoms with Crippen molar-refractivity contribution in [2.45, 2.75) is 136 Å². The van der Waals surface area contributed by atoms with Crippen LogP contribution in [0.25, 0.3) is 21.3 Å². The Hall–Kier alpha value is -8.48. The molecule has 4 fully saturated rings. The van der Waals surface area contributed by atoms with Gasteiger partial charge in [0.15, 0.2) is 10.8 Å². The first-order valence-electron chi connectivity index (χ1n) is 30.0. The fourth-order valence-corrected chi connectivity index (χ4v) is 15.7. The van der Waals surface area contributed by atoms with E-state index < -0.39 is 53.6 Å². The Labute approximate surface area is 514 Å². The maximum atomic E-state index is 13.8. The van der Waals surface area contributed by atoms with Crippen molar-refractivity contribution in [1.82, 2.24) is 35.3 Å². The van der Waals surface area contributed by atoms with Crippen LogP contribution in [-0.2, 0) is 50.0 Å². The second kappa shape index (κ2) is 25.7. The standard InChI is InChI=1S/C64H78N12O11S/c1-38(2)52(65)56(81)70-48(13-9-23-67-58(66)84)55(80)69-42-17-15-40(16-18-42)30-86-60(85)74(25-22-51(77)78)26-27-87-64-34-61(4)31-62(5,35-64)33-63(32-61,36-64)37-76-39(3)45(28-68-76)43-19-20-50(72-53(43)57(82)83)75-24-21-41-10-8-11-44(46(41)29-75)54(79)73-59-71-47-12-6-7-14-49(47)88-59/h6-8,10-12,14-20,28,38,48,52H,9,13,21-27,29-37,65H2,1-5H3,(H,69,80)(H,70,81)(H,77,78)(H,82,83)(H3,66,67,84)(H,71,73,79)/t48-,52-,61?,62?,63?,64?/m0/s1. The molecule has 11 rings (SSSR count). The van der Waals surface area contributed by atoms with Crippen LogP contribution >= 0.6 is 11.3 Å². The number of rotatable bonds is 25. The molecule has 23 nitrogen and oxygen atoms in total. The summed E-state index contributed by atoms with van der Waals surface area (Å²) in [5.41, 5.74) is 16.5. The number of benzene rings is 3. The number of nitrogens with zero attached hydrogens (tertiary/aromatic N) is 6. The zero-order valence-corrected chi connectivity index (χ0v) is 51.2. The van der Waals surface area contributed by atoms with Gasteiger partial charge in [0, 0.05) is 67.3 Å². The van der Waals surface area contributed by atoms with Crippen LogP contribution in [0.5, 0.6) is 0 Å². The number of amides is 6. The summed E-state index contributed by atoms with van der Waals surface area (Å²) in [5.74, 6) is -3.17. The highest BCUT2D eigenvalue weighted by atomic mass is 32.1. The van der Waals surface area contributed by atoms with Gasteiger partial charge in [-0.2, -0.15) is 5.10 Å². The highest BCUT2D eigenvalue weighted by Gasteiger charge is 2.66. The number of carbonyl (C=O) groups is 7. The van der Waals surface area contributed by atoms with Crippen molar-refractivity contribution in [3.8, 4) is 11.1 Å². The van der Waals surface area contributed by atoms with Gasteiger partial charge in [-0.05, 0) is 146 Å². The van der Waals surface area contributed by atoms with E-state index in [0.29, 0.717) is 71.4 Å². The molecular formula is C64H78N12O11S. The largest absolute Gasteiger partial charge is 0.481 e. The number of fused-ring (bicyclic) bond motifs is 2. The molecule has 3 aromatic carbocycles. The lowest BCUT2D eigenvalue weighted by Crippen LogP contribution is -2.64. The monoisotopic (exact) mass is 1220 g/mol. The second-order valence-corrected chi connectivity index (χ2v) is 26.6. The minimum Gasteiger partial charge on any atom is -0.481 e. The number of aromatic carboxylic acids is 1. The van der Waals surface area contributed by atoms with Gasteiger partial charge in [0.2, 0.25) is 11.8 Å². The van der Waals surface area contributed by atoms with E-state index in [1.165, 1.54) is 16.2 Å². The summed E-state index contributed by atoms with van der Waals surface area (Å²) >= 11 is 1.41. The SMILES string of the molecule is Cc1c(-c2ccc(N3CCc4cccc(C(=O)Nc5nc6ccccc6s5)c4C3)nc2C(=O)O)cnn1CC12CC3(C)CC(C)(C1)CC(OCCN(CCC(=O)O)C(=O)OCc1ccc(NC(=O)[C@H](CCCNC(N)=O)NC(=O)[C@@H](N)C(C)C)cc1)(C3)C2. The summed E-state index contributed by atoms with van der Waals surface area (Å²) in [6, 6.07) is 21.2. The number of para-hydroxylation sites is 1. The van der Waals surface area contributed by atoms with Crippen molar-refractivity contribution in [1.29, 1.82) is 0 Å². The second-order valence-electron chi connectivity index (χ2n) is 25.6. The molecule has 4 aliphatic carbocycles. The number of anilines is 3. The van der Waals surface area contributed by atoms with E-state index in [4.69, 9.17) is 31.0 Å². The fourth-order valence-electron chi connectivity index (χ4n) is 14.8. The molecule has 6 amide bonds. The van der Waals surface area contributed by atoms with Crippen LogP contribution < -0.4 is 37.6 Å². The maximum Gasteiger partial charge on any atom is 0.410 e. The molecule has 0 radical (unpaired) electrons. The van der Waals surface area contributed by atoms with Crippen LogP contribution in [0.15, 0.2) is 85.1 Å². The number of carbonyl (C=O) groups excluding carboxylic acids is 5. The lowest BCUT2D eigenvalue weighted by atomic mass is 9.39. The molecule has 88 heavy (non-hydrogen) atoms. The number of aliphatic carboxylic acids is 1. The molecule has 4 bridgehead atoms. The summed E-state index contributed by atoms with van der Waals surface area (Å²) in [4.78, 5) is 103. The van der Waals surface area contributed by atoms with Gasteiger partial charge in [0.05, 0.1) is 41.1 Å². The van der Waals surface area contributed by atoms with Gasteiger partial charge in [-0.3, -0.25) is 29.2 Å². The predicted octanol–water partition coefficient (Wildman–Crippen LogP) is 8.48. The third-order valence-electron chi connectivity index (χ3n) is 17.8. The fraction of sp³-hybridized carbons (Fsp3) is 0.469. The minimum absolute atomic E-state index is 0.0517. The number of hydrogen-bond donors (Lipinski definition) is 8. The normalized spacial score (nSPS) is 21.5. The Bertz CT molecular complexity index is 3590. The van der Waals surface area contributed by atoms with Gasteiger partial charge in [0.25, 0.3) is 5.91 Å². The summed E-state index contributed by atoms with van der Waals surface area (Å²) in [5, 5.41) is 36.8. The lowest BCUT2D eigenvalue weighted by Gasteiger charge is -2.69. The van der Waals surface area contributed by atoms with Gasteiger partial charge in [-0.25, -0.2) is 24.4 Å². The van der Waals surface area contributed by atoms with Crippen molar-refractivity contribution < 1.29 is 53.2 Å². The van der Waals surface area contributed by atoms with Gasteiger partial charge in [-0.15, -0.1) is 0 Å². The van der Waals surface area contributed by atoms with Crippen LogP contribution in [0.2, 0.25) is 0 Å². The molecule has 6 aromatic rings. The number of hydrogen-bond acceptors (Lipinski definition) is 15. The summed E-state index contributed by atoms with van der Waals surface area (Å²) in [6.07, 6.45) is 7.23. The van der Waals surface area contributed by atoms with Crippen LogP contribution in [0, 0.1) is 29.1 Å². The topological polar surface area (TPSA) is 329 Å². The van der Waals surface area contributed by atoms with Gasteiger partial charge >= 0.3 is 24.1 Å². The van der Waals surface area contributed by atoms with E-state index in [9.17, 15) is 43.8 Å². The van der Waals surface area contributed by atoms with Crippen LogP contribution in [-0.4, -0.2) is 127 Å². The lowest BCUT2D eigenvalue weighted by molar-refractivity contribution is -0.248. The third kappa shape index (κ3) is 14.2. The zero-order chi connectivity index (χ0) is 62.7. The van der Waals surface area contributed by atoms with Crippen molar-refractivity contribution in [2.24, 2.45) is 33.6 Å². The van der Waals surface area contributed by atoms with Gasteiger partial charge < -0.3 is 56.9 Å². The number of nitrogens with two attached hydrogens (primary N) is 2. The number of urea groups is 1. The number of ether oxygens (including phenoxy) is 2. The molecule has 466 valence electrons. The number of aromatic nitrogens is 4. The summed E-state index contributed by atoms with van der Waals surface area (Å²) in [6.45, 7) is 11.9. The van der Waals surface area contributed by atoms with Crippen LogP contribution in [0.1, 0.15) is 129 Å². The molecule has 0 spiro atoms. The summed E-state index contributed by atoms with van der Waals surface area (Å²) < 4.78 is 15.7. The molecule has 4 atom stereocenters. The smallest absolute Gasteiger partial charge is 0.410 e. The highest BCUT2D eigenvalue weighted by Crippen LogP contribution is 2.72. The Kier molecular flexibility index (Phi) is 18.3. The van der Waals surface area contributed by atoms with Crippen molar-refractivity contribution in [3.63, 3.8) is 0 Å². The molecule has 24 heteroatoms. The molecular weight excluding hydrogens is 1140 g/mol. The van der Waals surface area contributed by atoms with E-state index in [2.05, 4.69) is 40.1 Å². The van der Waals surface area contributed by atoms with E-state index >= 15 is 0 Å². The molecule has 5 aliphatic rings. The van der Waals surface area contributed by atoms with Crippen molar-refractivity contribution in [3.05, 3.63) is 119 Å². The molecule has 10 N–H and O–H groups in total. The zero-order valence-electron chi connectivity index (χ0n) is 50.4. The molecule has 2 unspecified atom stereocenters. The van der Waals surface area contributed by atoms with Gasteiger partial charge in [-0.1, -0.05) is 75.4 Å². The Morgan fingerprint density at radius 3 is 2.30 bits per heavy atom. The first-order chi connectivity index (χ1) is 41.9. The van der Waals surface area contributed by atoms with E-state index in [-0.39, 0.29) is 79.5 Å². The first kappa shape index (κ1) is 62.6. The Morgan fingerprint density at radius 2 is 1.59 bits per heavy atom. The highest BCUT2D eigenvalue weighted by molar-refractivity contribution is 7.22. The molecule has 0 saturated heterocycles. The van der Waals surface area contributed by atoms with Crippen LogP contribution in [0.4, 0.5) is 26.2 Å². The quantitative estimate of drug-likeness (QED) is 0.0249. The number of thiazole rings is 1. The van der Waals surface area contributed by atoms with E-state index in [1.54, 1.807) is 56.4 Å². The average Bonchev–Trinajstić information content (AvgIpc) is 0.813. The summed E-state index contributed by atoms with van der Waals surface area (Å²) in [7, 11) is 0. The maximum absolute atomic E-state index is 13.8. The molecule has 1 aliphatic heterocycles. The van der Waals surface area contributed by atoms with Crippen LogP contribution in [0.3, 0.4) is 0 Å². The number of carboxylic acids is 2. The van der Waals surface area contributed by atoms with E-state index in [0.717, 1.165) is 65.6 Å². The average molecular weight is 1220 g/mol. The van der Waals surface area contributed by atoms with Crippen molar-refractivity contribution in [2.75, 3.05) is 48.3 Å². The number of primary amides is 1. The predicted molar refractivity (Wildman–Crippen MR) is 332 cm³/mol. The van der Waals surface area contributed by atoms with Gasteiger partial charge in [0.1, 0.15) is 18.5 Å². The molecule has 3 aromatic heterocycles. The van der Waals surface area contributed by atoms with E-state index in [1.807, 2.05) is 59.0 Å². The molecule has 4 saturated carbocycles. The van der Waals surface area contributed by atoms with Crippen molar-refractivity contribution >= 4 is 80.0 Å². The first-order valence-corrected chi connectivity index (χ1v) is 30.8. The Morgan fingerprint density at radius 1 is 0.841 bits per heavy atom.